The zero-order valence-electron chi connectivity index (χ0n) is 15.3. The summed E-state index contributed by atoms with van der Waals surface area (Å²) >= 11 is 0. The summed E-state index contributed by atoms with van der Waals surface area (Å²) in [4.78, 5) is 16.9. The Kier molecular flexibility index (Phi) is 4.87. The van der Waals surface area contributed by atoms with Gasteiger partial charge in [0, 0.05) is 12.0 Å². The van der Waals surface area contributed by atoms with Gasteiger partial charge >= 0.3 is 0 Å². The normalized spacial score (nSPS) is 15.8. The van der Waals surface area contributed by atoms with Crippen LogP contribution in [0.4, 0.5) is 5.95 Å². The van der Waals surface area contributed by atoms with Gasteiger partial charge in [0.25, 0.3) is 0 Å². The maximum absolute atomic E-state index is 12.3. The van der Waals surface area contributed by atoms with Crippen LogP contribution in [0.15, 0.2) is 54.6 Å². The quantitative estimate of drug-likeness (QED) is 0.755. The Labute approximate surface area is 158 Å². The molecule has 1 aliphatic rings. The van der Waals surface area contributed by atoms with Crippen molar-refractivity contribution >= 4 is 11.9 Å². The minimum absolute atomic E-state index is 0.0668. The van der Waals surface area contributed by atoms with Gasteiger partial charge in [-0.2, -0.15) is 4.98 Å². The summed E-state index contributed by atoms with van der Waals surface area (Å²) in [6.07, 6.45) is 3.15. The lowest BCUT2D eigenvalue weighted by atomic mass is 9.97. The molecule has 0 saturated heterocycles. The first-order valence-corrected chi connectivity index (χ1v) is 9.16. The minimum Gasteiger partial charge on any atom is -0.496 e. The van der Waals surface area contributed by atoms with E-state index in [0.29, 0.717) is 12.4 Å². The summed E-state index contributed by atoms with van der Waals surface area (Å²) < 4.78 is 7.45. The fourth-order valence-corrected chi connectivity index (χ4v) is 3.58. The number of rotatable bonds is 5. The molecule has 1 amide bonds. The Bertz CT molecular complexity index is 936. The molecule has 0 fully saturated rings. The number of nitrogens with one attached hydrogen (secondary N) is 1. The van der Waals surface area contributed by atoms with Gasteiger partial charge in [0.1, 0.15) is 11.6 Å². The number of fused-ring (bicyclic) bond motifs is 1. The second kappa shape index (κ2) is 7.61. The number of hydrogen-bond donors (Lipinski definition) is 1. The number of carbonyl (C=O) groups is 1. The van der Waals surface area contributed by atoms with E-state index in [2.05, 4.69) is 21.5 Å². The maximum atomic E-state index is 12.3. The number of nitrogens with zero attached hydrogens (tertiary/aromatic N) is 3. The van der Waals surface area contributed by atoms with Gasteiger partial charge in [-0.05, 0) is 24.5 Å². The number of carbonyl (C=O) groups excluding carboxylic acids is 1. The van der Waals surface area contributed by atoms with Crippen molar-refractivity contribution in [3.05, 3.63) is 71.5 Å². The number of benzene rings is 2. The third-order valence-corrected chi connectivity index (χ3v) is 4.83. The number of anilines is 1. The van der Waals surface area contributed by atoms with Crippen molar-refractivity contribution in [3.63, 3.8) is 0 Å². The summed E-state index contributed by atoms with van der Waals surface area (Å²) in [5.41, 5.74) is 2.05. The molecule has 4 rings (SSSR count). The predicted molar refractivity (Wildman–Crippen MR) is 103 cm³/mol. The molecule has 0 bridgehead atoms. The van der Waals surface area contributed by atoms with E-state index in [1.54, 1.807) is 7.11 Å². The van der Waals surface area contributed by atoms with E-state index in [-0.39, 0.29) is 11.9 Å². The highest BCUT2D eigenvalue weighted by Gasteiger charge is 2.27. The lowest BCUT2D eigenvalue weighted by Crippen LogP contribution is -2.21. The van der Waals surface area contributed by atoms with Crippen LogP contribution in [0.3, 0.4) is 0 Å². The largest absolute Gasteiger partial charge is 0.496 e. The summed E-state index contributed by atoms with van der Waals surface area (Å²) in [6.45, 7) is 0. The van der Waals surface area contributed by atoms with E-state index < -0.39 is 0 Å². The molecule has 0 radical (unpaired) electrons. The fourth-order valence-electron chi connectivity index (χ4n) is 3.58. The minimum atomic E-state index is -0.113. The van der Waals surface area contributed by atoms with Gasteiger partial charge < -0.3 is 4.74 Å². The molecule has 138 valence electrons. The second-order valence-electron chi connectivity index (χ2n) is 6.66. The molecule has 2 aromatic carbocycles. The van der Waals surface area contributed by atoms with Gasteiger partial charge in [0.2, 0.25) is 11.9 Å². The molecule has 6 heteroatoms. The van der Waals surface area contributed by atoms with E-state index in [1.807, 2.05) is 53.2 Å². The Balaban J connectivity index is 1.55. The highest BCUT2D eigenvalue weighted by Crippen LogP contribution is 2.35. The topological polar surface area (TPSA) is 69.0 Å². The third-order valence-electron chi connectivity index (χ3n) is 4.83. The summed E-state index contributed by atoms with van der Waals surface area (Å²) in [5.74, 6) is 2.00. The number of aromatic nitrogens is 3. The average Bonchev–Trinajstić information content (AvgIpc) is 3.11. The summed E-state index contributed by atoms with van der Waals surface area (Å²) in [7, 11) is 1.68. The van der Waals surface area contributed by atoms with Crippen LogP contribution in [0.5, 0.6) is 5.75 Å². The van der Waals surface area contributed by atoms with E-state index >= 15 is 0 Å². The van der Waals surface area contributed by atoms with Crippen molar-refractivity contribution in [3.8, 4) is 5.75 Å². The van der Waals surface area contributed by atoms with Crippen LogP contribution in [0.1, 0.15) is 35.8 Å². The highest BCUT2D eigenvalue weighted by molar-refractivity contribution is 5.90. The van der Waals surface area contributed by atoms with Gasteiger partial charge in [0.15, 0.2) is 0 Å². The van der Waals surface area contributed by atoms with Gasteiger partial charge in [-0.3, -0.25) is 10.1 Å². The number of hydrogen-bond acceptors (Lipinski definition) is 4. The molecule has 2 heterocycles. The Morgan fingerprint density at radius 3 is 2.78 bits per heavy atom. The van der Waals surface area contributed by atoms with Gasteiger partial charge in [-0.15, -0.1) is 5.10 Å². The van der Waals surface area contributed by atoms with Crippen molar-refractivity contribution in [1.29, 1.82) is 0 Å². The molecular weight excluding hydrogens is 340 g/mol. The molecule has 1 atom stereocenters. The van der Waals surface area contributed by atoms with Crippen LogP contribution < -0.4 is 10.1 Å². The first-order chi connectivity index (χ1) is 13.2. The van der Waals surface area contributed by atoms with Crippen LogP contribution in [-0.4, -0.2) is 27.8 Å². The van der Waals surface area contributed by atoms with Gasteiger partial charge in [-0.1, -0.05) is 48.5 Å². The molecule has 0 spiro atoms. The summed E-state index contributed by atoms with van der Waals surface area (Å²) in [6, 6.07) is 17.7. The molecule has 0 aliphatic carbocycles. The molecule has 0 saturated carbocycles. The van der Waals surface area contributed by atoms with Crippen molar-refractivity contribution in [2.24, 2.45) is 0 Å². The van der Waals surface area contributed by atoms with Crippen LogP contribution in [0.25, 0.3) is 0 Å². The van der Waals surface area contributed by atoms with E-state index in [1.165, 1.54) is 0 Å². The Morgan fingerprint density at radius 2 is 1.96 bits per heavy atom. The molecule has 1 aliphatic heterocycles. The molecule has 1 N–H and O–H groups in total. The molecule has 1 unspecified atom stereocenters. The van der Waals surface area contributed by atoms with E-state index in [0.717, 1.165) is 42.0 Å². The van der Waals surface area contributed by atoms with E-state index in [9.17, 15) is 4.79 Å². The molecule has 3 aromatic rings. The van der Waals surface area contributed by atoms with E-state index in [4.69, 9.17) is 4.74 Å². The standard InChI is InChI=1S/C21H22N4O2/c1-27-18-12-6-5-10-16(18)17-11-7-13-19-22-21(24-25(17)19)23-20(26)14-15-8-3-2-4-9-15/h2-6,8-10,12,17H,7,11,13-14H2,1H3,(H,23,24,26). The zero-order valence-corrected chi connectivity index (χ0v) is 15.3. The highest BCUT2D eigenvalue weighted by atomic mass is 16.5. The van der Waals surface area contributed by atoms with Crippen molar-refractivity contribution in [1.82, 2.24) is 14.8 Å². The molecular formula is C21H22N4O2. The molecule has 27 heavy (non-hydrogen) atoms. The predicted octanol–water partition coefficient (Wildman–Crippen LogP) is 3.39. The number of para-hydroxylation sites is 1. The van der Waals surface area contributed by atoms with Gasteiger partial charge in [-0.25, -0.2) is 4.68 Å². The van der Waals surface area contributed by atoms with Gasteiger partial charge in [0.05, 0.1) is 19.6 Å². The number of amides is 1. The van der Waals surface area contributed by atoms with Crippen LogP contribution in [0, 0.1) is 0 Å². The fraction of sp³-hybridized carbons (Fsp3) is 0.286. The van der Waals surface area contributed by atoms with Crippen molar-refractivity contribution in [2.75, 3.05) is 12.4 Å². The molecule has 1 aromatic heterocycles. The van der Waals surface area contributed by atoms with Crippen LogP contribution in [-0.2, 0) is 17.6 Å². The maximum Gasteiger partial charge on any atom is 0.249 e. The SMILES string of the molecule is COc1ccccc1C1CCCc2nc(NC(=O)Cc3ccccc3)nn21. The number of methoxy groups -OCH3 is 1. The number of ether oxygens (including phenoxy) is 1. The third kappa shape index (κ3) is 3.69. The van der Waals surface area contributed by atoms with Crippen molar-refractivity contribution < 1.29 is 9.53 Å². The Hall–Kier alpha value is -3.15. The smallest absolute Gasteiger partial charge is 0.249 e. The Morgan fingerprint density at radius 1 is 1.19 bits per heavy atom. The average molecular weight is 362 g/mol. The molecule has 6 nitrogen and oxygen atoms in total. The van der Waals surface area contributed by atoms with Crippen LogP contribution >= 0.6 is 0 Å². The zero-order chi connectivity index (χ0) is 18.6. The van der Waals surface area contributed by atoms with Crippen LogP contribution in [0.2, 0.25) is 0 Å². The first-order valence-electron chi connectivity index (χ1n) is 9.16. The monoisotopic (exact) mass is 362 g/mol. The second-order valence-corrected chi connectivity index (χ2v) is 6.66. The van der Waals surface area contributed by atoms with Crippen molar-refractivity contribution in [2.45, 2.75) is 31.7 Å². The lowest BCUT2D eigenvalue weighted by Gasteiger charge is -2.25. The summed E-state index contributed by atoms with van der Waals surface area (Å²) in [5, 5.41) is 7.42. The number of aryl methyl sites for hydroxylation is 1. The lowest BCUT2D eigenvalue weighted by molar-refractivity contribution is -0.115. The first kappa shape index (κ1) is 17.3.